The predicted octanol–water partition coefficient (Wildman–Crippen LogP) is 3.07. The van der Waals surface area contributed by atoms with Gasteiger partial charge in [-0.25, -0.2) is 4.98 Å². The van der Waals surface area contributed by atoms with Gasteiger partial charge in [-0.3, -0.25) is 14.7 Å². The first kappa shape index (κ1) is 16.2. The van der Waals surface area contributed by atoms with Crippen LogP contribution in [0.25, 0.3) is 11.4 Å². The molecule has 128 valence electrons. The fourth-order valence-corrected chi connectivity index (χ4v) is 4.29. The molecule has 0 saturated carbocycles. The van der Waals surface area contributed by atoms with E-state index in [1.807, 2.05) is 23.5 Å². The lowest BCUT2D eigenvalue weighted by Crippen LogP contribution is -2.35. The van der Waals surface area contributed by atoms with Crippen LogP contribution in [0.5, 0.6) is 0 Å². The van der Waals surface area contributed by atoms with Crippen molar-refractivity contribution in [3.8, 4) is 11.4 Å². The highest BCUT2D eigenvalue weighted by atomic mass is 32.1. The van der Waals surface area contributed by atoms with Crippen molar-refractivity contribution in [1.29, 1.82) is 0 Å². The highest BCUT2D eigenvalue weighted by Crippen LogP contribution is 2.24. The molecule has 1 N–H and O–H groups in total. The molecule has 5 nitrogen and oxygen atoms in total. The van der Waals surface area contributed by atoms with Crippen molar-refractivity contribution in [3.63, 3.8) is 0 Å². The third-order valence-electron chi connectivity index (χ3n) is 4.63. The molecule has 0 aromatic carbocycles. The van der Waals surface area contributed by atoms with Crippen molar-refractivity contribution in [2.24, 2.45) is 0 Å². The Labute approximate surface area is 150 Å². The minimum absolute atomic E-state index is 0.0222. The smallest absolute Gasteiger partial charge is 0.254 e. The molecule has 0 saturated heterocycles. The lowest BCUT2D eigenvalue weighted by atomic mass is 10.1. The summed E-state index contributed by atoms with van der Waals surface area (Å²) in [6.45, 7) is 6.83. The van der Waals surface area contributed by atoms with E-state index >= 15 is 0 Å². The van der Waals surface area contributed by atoms with E-state index < -0.39 is 0 Å². The Kier molecular flexibility index (Phi) is 4.23. The molecule has 1 aliphatic rings. The standard InChI is InChI=1S/C19H20N4OS/c1-12-8-15(13(2)25-12)10-23-7-5-16-17(11-23)21-18(22-19(16)24)14-4-3-6-20-9-14/h3-4,6,8-9H,5,7,10-11H2,1-2H3,(H,21,22,24). The number of nitrogens with zero attached hydrogens (tertiary/aromatic N) is 3. The fraction of sp³-hybridized carbons (Fsp3) is 0.316. The van der Waals surface area contributed by atoms with Crippen molar-refractivity contribution in [3.05, 3.63) is 67.5 Å². The maximum absolute atomic E-state index is 12.4. The number of H-pyrrole nitrogens is 1. The Morgan fingerprint density at radius 1 is 1.36 bits per heavy atom. The molecule has 0 fully saturated rings. The van der Waals surface area contributed by atoms with E-state index in [0.29, 0.717) is 12.4 Å². The number of aromatic amines is 1. The summed E-state index contributed by atoms with van der Waals surface area (Å²) in [5, 5.41) is 0. The van der Waals surface area contributed by atoms with E-state index in [0.717, 1.165) is 36.3 Å². The summed E-state index contributed by atoms with van der Waals surface area (Å²) in [7, 11) is 0. The van der Waals surface area contributed by atoms with E-state index in [2.05, 4.69) is 34.8 Å². The van der Waals surface area contributed by atoms with Gasteiger partial charge >= 0.3 is 0 Å². The maximum Gasteiger partial charge on any atom is 0.254 e. The predicted molar refractivity (Wildman–Crippen MR) is 99.7 cm³/mol. The Bertz CT molecular complexity index is 961. The Morgan fingerprint density at radius 2 is 2.24 bits per heavy atom. The van der Waals surface area contributed by atoms with E-state index in [9.17, 15) is 4.79 Å². The van der Waals surface area contributed by atoms with E-state index in [1.165, 1.54) is 15.3 Å². The first-order chi connectivity index (χ1) is 12.1. The van der Waals surface area contributed by atoms with Gasteiger partial charge < -0.3 is 4.98 Å². The molecular weight excluding hydrogens is 332 g/mol. The summed E-state index contributed by atoms with van der Waals surface area (Å²) in [5.74, 6) is 0.598. The second kappa shape index (κ2) is 6.54. The quantitative estimate of drug-likeness (QED) is 0.787. The van der Waals surface area contributed by atoms with E-state index in [-0.39, 0.29) is 5.56 Å². The molecule has 0 radical (unpaired) electrons. The summed E-state index contributed by atoms with van der Waals surface area (Å²) >= 11 is 1.84. The van der Waals surface area contributed by atoms with Crippen LogP contribution in [-0.2, 0) is 19.5 Å². The number of hydrogen-bond acceptors (Lipinski definition) is 5. The molecule has 1 aliphatic heterocycles. The van der Waals surface area contributed by atoms with Gasteiger partial charge in [0.1, 0.15) is 5.82 Å². The third-order valence-corrected chi connectivity index (χ3v) is 5.63. The second-order valence-corrected chi connectivity index (χ2v) is 7.94. The molecule has 3 aromatic rings. The first-order valence-corrected chi connectivity index (χ1v) is 9.22. The van der Waals surface area contributed by atoms with Gasteiger partial charge in [0, 0.05) is 52.9 Å². The van der Waals surface area contributed by atoms with Gasteiger partial charge in [0.2, 0.25) is 0 Å². The van der Waals surface area contributed by atoms with Crippen LogP contribution in [0.1, 0.15) is 26.6 Å². The Hall–Kier alpha value is -2.31. The van der Waals surface area contributed by atoms with Gasteiger partial charge in [-0.1, -0.05) is 0 Å². The third kappa shape index (κ3) is 3.27. The van der Waals surface area contributed by atoms with E-state index in [4.69, 9.17) is 4.98 Å². The zero-order valence-corrected chi connectivity index (χ0v) is 15.2. The molecule has 6 heteroatoms. The number of fused-ring (bicyclic) bond motifs is 1. The molecule has 25 heavy (non-hydrogen) atoms. The highest BCUT2D eigenvalue weighted by Gasteiger charge is 2.22. The van der Waals surface area contributed by atoms with Gasteiger partial charge in [0.25, 0.3) is 5.56 Å². The molecule has 4 rings (SSSR count). The van der Waals surface area contributed by atoms with Crippen LogP contribution in [0, 0.1) is 13.8 Å². The number of nitrogens with one attached hydrogen (secondary N) is 1. The summed E-state index contributed by atoms with van der Waals surface area (Å²) in [6.07, 6.45) is 4.18. The molecule has 0 bridgehead atoms. The second-order valence-electron chi connectivity index (χ2n) is 6.48. The summed E-state index contributed by atoms with van der Waals surface area (Å²) in [5.41, 5.74) is 3.90. The van der Waals surface area contributed by atoms with Crippen LogP contribution in [0.2, 0.25) is 0 Å². The van der Waals surface area contributed by atoms with Crippen molar-refractivity contribution < 1.29 is 0 Å². The van der Waals surface area contributed by atoms with Gasteiger partial charge in [0.15, 0.2) is 0 Å². The minimum atomic E-state index is -0.0222. The van der Waals surface area contributed by atoms with Crippen LogP contribution >= 0.6 is 11.3 Å². The molecule has 3 aromatic heterocycles. The average molecular weight is 352 g/mol. The van der Waals surface area contributed by atoms with E-state index in [1.54, 1.807) is 12.4 Å². The normalized spacial score (nSPS) is 14.5. The van der Waals surface area contributed by atoms with Crippen molar-refractivity contribution >= 4 is 11.3 Å². The molecule has 0 unspecified atom stereocenters. The number of aryl methyl sites for hydroxylation is 2. The van der Waals surface area contributed by atoms with Crippen LogP contribution < -0.4 is 5.56 Å². The van der Waals surface area contributed by atoms with Crippen molar-refractivity contribution in [2.75, 3.05) is 6.54 Å². The lowest BCUT2D eigenvalue weighted by molar-refractivity contribution is 0.240. The SMILES string of the molecule is Cc1cc(CN2CCc3c(nc(-c4cccnc4)[nH]c3=O)C2)c(C)s1. The van der Waals surface area contributed by atoms with Crippen LogP contribution in [0.15, 0.2) is 35.4 Å². The van der Waals surface area contributed by atoms with Gasteiger partial charge in [-0.15, -0.1) is 11.3 Å². The zero-order valence-electron chi connectivity index (χ0n) is 14.4. The monoisotopic (exact) mass is 352 g/mol. The minimum Gasteiger partial charge on any atom is -0.306 e. The maximum atomic E-state index is 12.4. The number of rotatable bonds is 3. The van der Waals surface area contributed by atoms with Crippen LogP contribution in [0.3, 0.4) is 0 Å². The lowest BCUT2D eigenvalue weighted by Gasteiger charge is -2.27. The highest BCUT2D eigenvalue weighted by molar-refractivity contribution is 7.12. The molecule has 0 spiro atoms. The number of aromatic nitrogens is 3. The number of hydrogen-bond donors (Lipinski definition) is 1. The first-order valence-electron chi connectivity index (χ1n) is 8.41. The largest absolute Gasteiger partial charge is 0.306 e. The average Bonchev–Trinajstić information content (AvgIpc) is 2.92. The topological polar surface area (TPSA) is 61.9 Å². The molecule has 0 aliphatic carbocycles. The fourth-order valence-electron chi connectivity index (χ4n) is 3.35. The summed E-state index contributed by atoms with van der Waals surface area (Å²) < 4.78 is 0. The Morgan fingerprint density at radius 3 is 2.96 bits per heavy atom. The summed E-state index contributed by atoms with van der Waals surface area (Å²) in [6, 6.07) is 6.03. The van der Waals surface area contributed by atoms with Crippen molar-refractivity contribution in [2.45, 2.75) is 33.4 Å². The van der Waals surface area contributed by atoms with Gasteiger partial charge in [-0.05, 0) is 44.0 Å². The van der Waals surface area contributed by atoms with Gasteiger partial charge in [-0.2, -0.15) is 0 Å². The number of pyridine rings is 1. The van der Waals surface area contributed by atoms with Crippen molar-refractivity contribution in [1.82, 2.24) is 19.9 Å². The van der Waals surface area contributed by atoms with Crippen LogP contribution in [0.4, 0.5) is 0 Å². The van der Waals surface area contributed by atoms with Gasteiger partial charge in [0.05, 0.1) is 5.69 Å². The summed E-state index contributed by atoms with van der Waals surface area (Å²) in [4.78, 5) is 29.3. The number of thiophene rings is 1. The molecule has 0 amide bonds. The molecule has 0 atom stereocenters. The molecule has 4 heterocycles. The Balaban J connectivity index is 1.62. The molecular formula is C19H20N4OS. The zero-order chi connectivity index (χ0) is 17.4. The van der Waals surface area contributed by atoms with Crippen LogP contribution in [-0.4, -0.2) is 26.4 Å².